The fourth-order valence-corrected chi connectivity index (χ4v) is 1.73. The molecular formula is C13H26O2. The van der Waals surface area contributed by atoms with Crippen molar-refractivity contribution in [1.29, 1.82) is 0 Å². The van der Waals surface area contributed by atoms with Crippen LogP contribution in [-0.2, 0) is 9.53 Å². The molecule has 90 valence electrons. The van der Waals surface area contributed by atoms with Crippen LogP contribution in [0.2, 0.25) is 0 Å². The van der Waals surface area contributed by atoms with Crippen LogP contribution in [0.1, 0.15) is 72.1 Å². The largest absolute Gasteiger partial charge is 0.463 e. The van der Waals surface area contributed by atoms with E-state index in [4.69, 9.17) is 4.74 Å². The Kier molecular flexibility index (Phi) is 9.65. The summed E-state index contributed by atoms with van der Waals surface area (Å²) >= 11 is 0. The standard InChI is InChI=1S/C13H26O2/c1-4-5-6-7-8-9-10-11-12(2)15-13(3)14/h12H,4-11H2,1-3H3/t12-/m1/s1. The Hall–Kier alpha value is -0.530. The third kappa shape index (κ3) is 11.4. The van der Waals surface area contributed by atoms with Crippen molar-refractivity contribution >= 4 is 5.97 Å². The number of carbonyl (C=O) groups excluding carboxylic acids is 1. The van der Waals surface area contributed by atoms with E-state index in [1.165, 1.54) is 51.9 Å². The van der Waals surface area contributed by atoms with Crippen molar-refractivity contribution in [3.05, 3.63) is 0 Å². The summed E-state index contributed by atoms with van der Waals surface area (Å²) in [6.45, 7) is 5.68. The van der Waals surface area contributed by atoms with Crippen molar-refractivity contribution in [3.8, 4) is 0 Å². The van der Waals surface area contributed by atoms with E-state index in [0.717, 1.165) is 6.42 Å². The molecule has 0 unspecified atom stereocenters. The van der Waals surface area contributed by atoms with E-state index < -0.39 is 0 Å². The molecule has 0 saturated heterocycles. The van der Waals surface area contributed by atoms with Gasteiger partial charge in [0.15, 0.2) is 0 Å². The number of carbonyl (C=O) groups is 1. The van der Waals surface area contributed by atoms with Crippen molar-refractivity contribution < 1.29 is 9.53 Å². The maximum Gasteiger partial charge on any atom is 0.302 e. The first kappa shape index (κ1) is 14.5. The number of hydrogen-bond acceptors (Lipinski definition) is 2. The lowest BCUT2D eigenvalue weighted by Gasteiger charge is -2.10. The second-order valence-corrected chi connectivity index (χ2v) is 4.33. The molecule has 15 heavy (non-hydrogen) atoms. The first-order chi connectivity index (χ1) is 7.16. The predicted octanol–water partition coefficient (Wildman–Crippen LogP) is 4.08. The highest BCUT2D eigenvalue weighted by Gasteiger charge is 2.04. The average molecular weight is 214 g/mol. The minimum absolute atomic E-state index is 0.0955. The van der Waals surface area contributed by atoms with Gasteiger partial charge in [-0.3, -0.25) is 4.79 Å². The van der Waals surface area contributed by atoms with Crippen LogP contribution in [0.4, 0.5) is 0 Å². The minimum Gasteiger partial charge on any atom is -0.463 e. The van der Waals surface area contributed by atoms with Crippen LogP contribution in [0.3, 0.4) is 0 Å². The minimum atomic E-state index is -0.162. The first-order valence-electron chi connectivity index (χ1n) is 6.34. The van der Waals surface area contributed by atoms with Gasteiger partial charge in [0.25, 0.3) is 0 Å². The molecule has 0 aliphatic carbocycles. The van der Waals surface area contributed by atoms with Gasteiger partial charge in [0.1, 0.15) is 0 Å². The third-order valence-electron chi connectivity index (χ3n) is 2.58. The van der Waals surface area contributed by atoms with Gasteiger partial charge in [-0.2, -0.15) is 0 Å². The number of unbranched alkanes of at least 4 members (excludes halogenated alkanes) is 6. The highest BCUT2D eigenvalue weighted by Crippen LogP contribution is 2.10. The van der Waals surface area contributed by atoms with Gasteiger partial charge < -0.3 is 4.74 Å². The number of rotatable bonds is 9. The van der Waals surface area contributed by atoms with Gasteiger partial charge in [0.05, 0.1) is 6.10 Å². The Morgan fingerprint density at radius 3 is 2.13 bits per heavy atom. The molecule has 0 bridgehead atoms. The predicted molar refractivity (Wildman–Crippen MR) is 63.8 cm³/mol. The average Bonchev–Trinajstić information content (AvgIpc) is 2.15. The Labute approximate surface area is 94.4 Å². The molecule has 0 saturated carbocycles. The second kappa shape index (κ2) is 10.0. The molecule has 2 nitrogen and oxygen atoms in total. The Morgan fingerprint density at radius 1 is 1.07 bits per heavy atom. The van der Waals surface area contributed by atoms with Crippen molar-refractivity contribution in [1.82, 2.24) is 0 Å². The first-order valence-corrected chi connectivity index (χ1v) is 6.34. The molecule has 0 aromatic carbocycles. The zero-order chi connectivity index (χ0) is 11.5. The maximum absolute atomic E-state index is 10.6. The van der Waals surface area contributed by atoms with Crippen molar-refractivity contribution in [2.75, 3.05) is 0 Å². The van der Waals surface area contributed by atoms with Gasteiger partial charge in [-0.25, -0.2) is 0 Å². The molecule has 0 radical (unpaired) electrons. The lowest BCUT2D eigenvalue weighted by molar-refractivity contribution is -0.145. The molecule has 0 aliphatic heterocycles. The monoisotopic (exact) mass is 214 g/mol. The Bertz CT molecular complexity index is 155. The van der Waals surface area contributed by atoms with Gasteiger partial charge in [-0.05, 0) is 19.8 Å². The normalized spacial score (nSPS) is 12.5. The molecule has 0 fully saturated rings. The molecule has 0 aromatic heterocycles. The van der Waals surface area contributed by atoms with Gasteiger partial charge >= 0.3 is 5.97 Å². The molecule has 2 heteroatoms. The van der Waals surface area contributed by atoms with E-state index in [0.29, 0.717) is 0 Å². The van der Waals surface area contributed by atoms with E-state index in [-0.39, 0.29) is 12.1 Å². The van der Waals surface area contributed by atoms with E-state index in [9.17, 15) is 4.79 Å². The molecule has 1 atom stereocenters. The third-order valence-corrected chi connectivity index (χ3v) is 2.58. The Morgan fingerprint density at radius 2 is 1.60 bits per heavy atom. The Balaban J connectivity index is 3.13. The maximum atomic E-state index is 10.6. The lowest BCUT2D eigenvalue weighted by Crippen LogP contribution is -2.11. The fraction of sp³-hybridized carbons (Fsp3) is 0.923. The molecular weight excluding hydrogens is 188 g/mol. The summed E-state index contributed by atoms with van der Waals surface area (Å²) in [4.78, 5) is 10.6. The number of esters is 1. The zero-order valence-electron chi connectivity index (χ0n) is 10.6. The van der Waals surface area contributed by atoms with E-state index in [1.807, 2.05) is 6.92 Å². The van der Waals surface area contributed by atoms with E-state index in [2.05, 4.69) is 6.92 Å². The van der Waals surface area contributed by atoms with E-state index in [1.54, 1.807) is 0 Å². The molecule has 0 aliphatic rings. The van der Waals surface area contributed by atoms with Crippen LogP contribution < -0.4 is 0 Å². The highest BCUT2D eigenvalue weighted by molar-refractivity contribution is 5.66. The van der Waals surface area contributed by atoms with Gasteiger partial charge in [0, 0.05) is 6.92 Å². The quantitative estimate of drug-likeness (QED) is 0.427. The molecule has 0 amide bonds. The number of ether oxygens (including phenoxy) is 1. The number of hydrogen-bond donors (Lipinski definition) is 0. The summed E-state index contributed by atoms with van der Waals surface area (Å²) in [5.74, 6) is -0.162. The van der Waals surface area contributed by atoms with Crippen molar-refractivity contribution in [2.24, 2.45) is 0 Å². The summed E-state index contributed by atoms with van der Waals surface area (Å²) in [6.07, 6.45) is 10.3. The summed E-state index contributed by atoms with van der Waals surface area (Å²) < 4.78 is 5.06. The molecule has 0 spiro atoms. The van der Waals surface area contributed by atoms with Crippen molar-refractivity contribution in [2.45, 2.75) is 78.2 Å². The van der Waals surface area contributed by atoms with Gasteiger partial charge in [0.2, 0.25) is 0 Å². The van der Waals surface area contributed by atoms with Crippen LogP contribution in [0.15, 0.2) is 0 Å². The molecule has 0 heterocycles. The van der Waals surface area contributed by atoms with Gasteiger partial charge in [-0.15, -0.1) is 0 Å². The van der Waals surface area contributed by atoms with Crippen LogP contribution in [0, 0.1) is 0 Å². The van der Waals surface area contributed by atoms with Gasteiger partial charge in [-0.1, -0.05) is 45.4 Å². The van der Waals surface area contributed by atoms with Crippen LogP contribution in [-0.4, -0.2) is 12.1 Å². The summed E-state index contributed by atoms with van der Waals surface area (Å²) in [7, 11) is 0. The fourth-order valence-electron chi connectivity index (χ4n) is 1.73. The highest BCUT2D eigenvalue weighted by atomic mass is 16.5. The van der Waals surface area contributed by atoms with Crippen LogP contribution in [0.5, 0.6) is 0 Å². The summed E-state index contributed by atoms with van der Waals surface area (Å²) in [5.41, 5.74) is 0. The SMILES string of the molecule is CCCCCCCCC[C@@H](C)OC(C)=O. The summed E-state index contributed by atoms with van der Waals surface area (Å²) in [6, 6.07) is 0. The smallest absolute Gasteiger partial charge is 0.302 e. The topological polar surface area (TPSA) is 26.3 Å². The molecule has 0 N–H and O–H groups in total. The van der Waals surface area contributed by atoms with Crippen molar-refractivity contribution in [3.63, 3.8) is 0 Å². The molecule has 0 aromatic rings. The van der Waals surface area contributed by atoms with Crippen LogP contribution in [0.25, 0.3) is 0 Å². The second-order valence-electron chi connectivity index (χ2n) is 4.33. The summed E-state index contributed by atoms with van der Waals surface area (Å²) in [5, 5.41) is 0. The molecule has 0 rings (SSSR count). The van der Waals surface area contributed by atoms with Crippen LogP contribution >= 0.6 is 0 Å². The van der Waals surface area contributed by atoms with E-state index >= 15 is 0 Å². The lowest BCUT2D eigenvalue weighted by atomic mass is 10.1. The zero-order valence-corrected chi connectivity index (χ0v) is 10.6.